The first kappa shape index (κ1) is 17.7. The number of nitrogens with zero attached hydrogens (tertiary/aromatic N) is 2. The number of aryl methyl sites for hydroxylation is 2. The third-order valence-electron chi connectivity index (χ3n) is 5.62. The second-order valence-corrected chi connectivity index (χ2v) is 7.20. The number of rotatable bonds is 4. The van der Waals surface area contributed by atoms with Crippen LogP contribution in [0.1, 0.15) is 37.8 Å². The summed E-state index contributed by atoms with van der Waals surface area (Å²) in [5.41, 5.74) is 5.90. The predicted molar refractivity (Wildman–Crippen MR) is 109 cm³/mol. The summed E-state index contributed by atoms with van der Waals surface area (Å²) in [6.07, 6.45) is 3.60. The van der Waals surface area contributed by atoms with Crippen molar-refractivity contribution in [2.24, 2.45) is 0 Å². The van der Waals surface area contributed by atoms with Crippen molar-refractivity contribution in [1.29, 1.82) is 0 Å². The topological polar surface area (TPSA) is 47.2 Å². The fourth-order valence-corrected chi connectivity index (χ4v) is 4.21. The van der Waals surface area contributed by atoms with Crippen molar-refractivity contribution in [3.05, 3.63) is 63.9 Å². The van der Waals surface area contributed by atoms with Gasteiger partial charge in [0.2, 0.25) is 5.88 Å². The minimum atomic E-state index is -0.0657. The van der Waals surface area contributed by atoms with E-state index in [9.17, 15) is 9.90 Å². The summed E-state index contributed by atoms with van der Waals surface area (Å²) in [6.45, 7) is 5.60. The Balaban J connectivity index is 1.97. The van der Waals surface area contributed by atoms with Gasteiger partial charge in [-0.25, -0.2) is 4.68 Å². The van der Waals surface area contributed by atoms with Gasteiger partial charge in [0.05, 0.1) is 0 Å². The molecule has 0 bridgehead atoms. The highest BCUT2D eigenvalue weighted by atomic mass is 16.3. The summed E-state index contributed by atoms with van der Waals surface area (Å²) in [5, 5.41) is 10.9. The molecule has 27 heavy (non-hydrogen) atoms. The zero-order valence-corrected chi connectivity index (χ0v) is 16.0. The molecule has 2 aromatic carbocycles. The molecule has 0 aliphatic carbocycles. The minimum absolute atomic E-state index is 0.0657. The number of benzene rings is 2. The Kier molecular flexibility index (Phi) is 4.65. The number of hydrogen-bond acceptors (Lipinski definition) is 2. The molecule has 2 heterocycles. The molecular formula is C23H26N2O2. The molecule has 0 amide bonds. The molecule has 0 radical (unpaired) electrons. The molecule has 3 aromatic rings. The average Bonchev–Trinajstić information content (AvgIpc) is 2.98. The first-order valence-electron chi connectivity index (χ1n) is 9.89. The maximum atomic E-state index is 13.1. The fraction of sp³-hybridized carbons (Fsp3) is 0.348. The van der Waals surface area contributed by atoms with Gasteiger partial charge in [-0.3, -0.25) is 9.48 Å². The van der Waals surface area contributed by atoms with Crippen molar-refractivity contribution < 1.29 is 5.11 Å². The van der Waals surface area contributed by atoms with Crippen LogP contribution in [0.2, 0.25) is 0 Å². The van der Waals surface area contributed by atoms with Crippen molar-refractivity contribution in [3.63, 3.8) is 0 Å². The van der Waals surface area contributed by atoms with Crippen LogP contribution in [-0.4, -0.2) is 14.5 Å². The van der Waals surface area contributed by atoms with Crippen molar-refractivity contribution in [1.82, 2.24) is 9.36 Å². The minimum Gasteiger partial charge on any atom is -0.493 e. The zero-order chi connectivity index (χ0) is 19.0. The Bertz CT molecular complexity index is 1000. The summed E-state index contributed by atoms with van der Waals surface area (Å²) >= 11 is 0. The second kappa shape index (κ2) is 7.10. The van der Waals surface area contributed by atoms with Gasteiger partial charge in [-0.15, -0.1) is 0 Å². The lowest BCUT2D eigenvalue weighted by atomic mass is 9.89. The molecule has 1 N–H and O–H groups in total. The second-order valence-electron chi connectivity index (χ2n) is 7.20. The summed E-state index contributed by atoms with van der Waals surface area (Å²) in [7, 11) is 0. The average molecular weight is 362 g/mol. The SMILES string of the molecule is CCc1cc(-c2ccccc2)cc(CC)c1-c1c(O)n2n(c1=O)CCCC2. The van der Waals surface area contributed by atoms with Crippen molar-refractivity contribution >= 4 is 0 Å². The summed E-state index contributed by atoms with van der Waals surface area (Å²) in [6, 6.07) is 14.7. The van der Waals surface area contributed by atoms with Gasteiger partial charge >= 0.3 is 0 Å². The van der Waals surface area contributed by atoms with Gasteiger partial charge in [0.1, 0.15) is 5.56 Å². The van der Waals surface area contributed by atoms with Crippen LogP contribution < -0.4 is 5.56 Å². The van der Waals surface area contributed by atoms with Crippen LogP contribution in [0.25, 0.3) is 22.3 Å². The lowest BCUT2D eigenvalue weighted by Gasteiger charge is -2.17. The number of hydrogen-bond donors (Lipinski definition) is 1. The lowest BCUT2D eigenvalue weighted by Crippen LogP contribution is -2.27. The highest BCUT2D eigenvalue weighted by molar-refractivity contribution is 5.79. The van der Waals surface area contributed by atoms with Crippen molar-refractivity contribution in [3.8, 4) is 28.1 Å². The Morgan fingerprint density at radius 2 is 1.44 bits per heavy atom. The predicted octanol–water partition coefficient (Wildman–Crippen LogP) is 4.61. The molecule has 1 aromatic heterocycles. The standard InChI is InChI=1S/C23H26N2O2/c1-3-16-14-19(18-10-6-5-7-11-18)15-17(4-2)20(16)21-22(26)24-12-8-9-13-25(24)23(21)27/h5-7,10-11,14-15,26H,3-4,8-9,12-13H2,1-2H3. The molecule has 0 atom stereocenters. The van der Waals surface area contributed by atoms with Gasteiger partial charge in [0.15, 0.2) is 0 Å². The van der Waals surface area contributed by atoms with Crippen LogP contribution in [0, 0.1) is 0 Å². The number of fused-ring (bicyclic) bond motifs is 1. The molecular weight excluding hydrogens is 336 g/mol. The van der Waals surface area contributed by atoms with E-state index in [0.29, 0.717) is 18.7 Å². The maximum absolute atomic E-state index is 13.1. The van der Waals surface area contributed by atoms with Gasteiger partial charge in [-0.2, -0.15) is 0 Å². The summed E-state index contributed by atoms with van der Waals surface area (Å²) in [4.78, 5) is 13.1. The largest absolute Gasteiger partial charge is 0.493 e. The Hall–Kier alpha value is -2.75. The Labute approximate surface area is 159 Å². The molecule has 0 saturated carbocycles. The first-order chi connectivity index (χ1) is 13.2. The van der Waals surface area contributed by atoms with Gasteiger partial charge in [-0.1, -0.05) is 56.3 Å². The number of aromatic nitrogens is 2. The lowest BCUT2D eigenvalue weighted by molar-refractivity contribution is 0.305. The molecule has 0 saturated heterocycles. The summed E-state index contributed by atoms with van der Waals surface area (Å²) < 4.78 is 3.46. The molecule has 4 heteroatoms. The van der Waals surface area contributed by atoms with Gasteiger partial charge in [0, 0.05) is 13.1 Å². The normalized spacial score (nSPS) is 13.6. The van der Waals surface area contributed by atoms with E-state index in [-0.39, 0.29) is 11.4 Å². The third-order valence-corrected chi connectivity index (χ3v) is 5.62. The molecule has 140 valence electrons. The highest BCUT2D eigenvalue weighted by Gasteiger charge is 2.26. The molecule has 0 unspecified atom stereocenters. The smallest absolute Gasteiger partial charge is 0.278 e. The van der Waals surface area contributed by atoms with E-state index in [1.54, 1.807) is 9.36 Å². The fourth-order valence-electron chi connectivity index (χ4n) is 4.21. The molecule has 1 aliphatic heterocycles. The van der Waals surface area contributed by atoms with Crippen LogP contribution in [0.3, 0.4) is 0 Å². The van der Waals surface area contributed by atoms with Gasteiger partial charge in [-0.05, 0) is 53.5 Å². The van der Waals surface area contributed by atoms with E-state index < -0.39 is 0 Å². The Morgan fingerprint density at radius 3 is 2.00 bits per heavy atom. The highest BCUT2D eigenvalue weighted by Crippen LogP contribution is 2.37. The van der Waals surface area contributed by atoms with Gasteiger partial charge < -0.3 is 5.11 Å². The maximum Gasteiger partial charge on any atom is 0.278 e. The first-order valence-corrected chi connectivity index (χ1v) is 9.89. The van der Waals surface area contributed by atoms with Crippen LogP contribution in [0.4, 0.5) is 0 Å². The van der Waals surface area contributed by atoms with Crippen LogP contribution >= 0.6 is 0 Å². The third kappa shape index (κ3) is 2.89. The zero-order valence-electron chi connectivity index (χ0n) is 16.0. The van der Waals surface area contributed by atoms with Crippen LogP contribution in [-0.2, 0) is 25.9 Å². The van der Waals surface area contributed by atoms with E-state index in [1.165, 1.54) is 5.56 Å². The molecule has 4 nitrogen and oxygen atoms in total. The van der Waals surface area contributed by atoms with Gasteiger partial charge in [0.25, 0.3) is 5.56 Å². The molecule has 4 rings (SSSR count). The van der Waals surface area contributed by atoms with E-state index in [1.807, 2.05) is 18.2 Å². The van der Waals surface area contributed by atoms with E-state index in [0.717, 1.165) is 47.9 Å². The monoisotopic (exact) mass is 362 g/mol. The number of aromatic hydroxyl groups is 1. The summed E-state index contributed by atoms with van der Waals surface area (Å²) in [5.74, 6) is 0.122. The van der Waals surface area contributed by atoms with Crippen molar-refractivity contribution in [2.75, 3.05) is 0 Å². The quantitative estimate of drug-likeness (QED) is 0.737. The van der Waals surface area contributed by atoms with E-state index in [4.69, 9.17) is 0 Å². The van der Waals surface area contributed by atoms with Crippen LogP contribution in [0.5, 0.6) is 5.88 Å². The molecule has 0 fully saturated rings. The van der Waals surface area contributed by atoms with Crippen molar-refractivity contribution in [2.45, 2.75) is 52.6 Å². The molecule has 1 aliphatic rings. The molecule has 0 spiro atoms. The Morgan fingerprint density at radius 1 is 0.852 bits per heavy atom. The van der Waals surface area contributed by atoms with Crippen LogP contribution in [0.15, 0.2) is 47.3 Å². The van der Waals surface area contributed by atoms with E-state index >= 15 is 0 Å². The van der Waals surface area contributed by atoms with E-state index in [2.05, 4.69) is 38.1 Å².